The van der Waals surface area contributed by atoms with Gasteiger partial charge >= 0.3 is 0 Å². The van der Waals surface area contributed by atoms with E-state index in [0.29, 0.717) is 0 Å². The number of nitrogens with one attached hydrogen (secondary N) is 1. The van der Waals surface area contributed by atoms with Crippen molar-refractivity contribution in [1.29, 1.82) is 0 Å². The summed E-state index contributed by atoms with van der Waals surface area (Å²) in [7, 11) is 0. The van der Waals surface area contributed by atoms with Crippen molar-refractivity contribution in [2.75, 3.05) is 24.7 Å². The molecule has 0 aliphatic carbocycles. The van der Waals surface area contributed by atoms with E-state index in [9.17, 15) is 5.11 Å². The molecule has 1 atom stereocenters. The fraction of sp³-hybridized carbons (Fsp3) is 1.00. The van der Waals surface area contributed by atoms with Gasteiger partial charge in [0.2, 0.25) is 0 Å². The molecule has 0 aromatic heterocycles. The van der Waals surface area contributed by atoms with Crippen LogP contribution in [0.5, 0.6) is 0 Å². The van der Waals surface area contributed by atoms with E-state index in [2.05, 4.69) is 33.0 Å². The van der Waals surface area contributed by atoms with E-state index in [0.717, 1.165) is 25.3 Å². The molecular formula is C14H31NOS. The van der Waals surface area contributed by atoms with Crippen LogP contribution in [-0.4, -0.2) is 35.3 Å². The first-order chi connectivity index (χ1) is 8.04. The zero-order valence-corrected chi connectivity index (χ0v) is 12.9. The van der Waals surface area contributed by atoms with Crippen LogP contribution in [0, 0.1) is 5.92 Å². The van der Waals surface area contributed by atoms with E-state index in [1.54, 1.807) is 0 Å². The predicted octanol–water partition coefficient (Wildman–Crippen LogP) is 3.30. The van der Waals surface area contributed by atoms with Crippen LogP contribution in [-0.2, 0) is 0 Å². The summed E-state index contributed by atoms with van der Waals surface area (Å²) >= 11 is 2.05. The minimum Gasteiger partial charge on any atom is -0.394 e. The highest BCUT2D eigenvalue weighted by Crippen LogP contribution is 2.16. The van der Waals surface area contributed by atoms with E-state index in [1.807, 2.05) is 11.8 Å². The van der Waals surface area contributed by atoms with Crippen molar-refractivity contribution >= 4 is 11.8 Å². The van der Waals surface area contributed by atoms with Gasteiger partial charge in [-0.05, 0) is 56.6 Å². The Labute approximate surface area is 112 Å². The smallest absolute Gasteiger partial charge is 0.0610 e. The first-order valence-corrected chi connectivity index (χ1v) is 8.13. The van der Waals surface area contributed by atoms with Gasteiger partial charge in [0.15, 0.2) is 0 Å². The Morgan fingerprint density at radius 3 is 2.53 bits per heavy atom. The Morgan fingerprint density at radius 1 is 1.29 bits per heavy atom. The maximum absolute atomic E-state index is 9.42. The highest BCUT2D eigenvalue weighted by molar-refractivity contribution is 7.99. The first kappa shape index (κ1) is 17.3. The molecule has 0 amide bonds. The summed E-state index contributed by atoms with van der Waals surface area (Å²) in [5.74, 6) is 3.31. The van der Waals surface area contributed by atoms with E-state index in [-0.39, 0.29) is 12.1 Å². The first-order valence-electron chi connectivity index (χ1n) is 6.97. The van der Waals surface area contributed by atoms with E-state index >= 15 is 0 Å². The third kappa shape index (κ3) is 9.93. The van der Waals surface area contributed by atoms with E-state index in [1.165, 1.54) is 24.3 Å². The summed E-state index contributed by atoms with van der Waals surface area (Å²) in [6, 6.07) is 0. The molecule has 0 aromatic carbocycles. The minimum atomic E-state index is -0.0748. The number of hydrogen-bond donors (Lipinski definition) is 2. The maximum atomic E-state index is 9.42. The normalized spacial score (nSPS) is 15.2. The van der Waals surface area contributed by atoms with E-state index in [4.69, 9.17) is 0 Å². The Balaban J connectivity index is 3.55. The minimum absolute atomic E-state index is 0.0748. The van der Waals surface area contributed by atoms with Gasteiger partial charge in [0.25, 0.3) is 0 Å². The van der Waals surface area contributed by atoms with Crippen molar-refractivity contribution in [2.45, 2.75) is 58.9 Å². The summed E-state index contributed by atoms with van der Waals surface area (Å²) in [6.07, 6.45) is 4.70. The second-order valence-electron chi connectivity index (χ2n) is 5.54. The molecule has 0 radical (unpaired) electrons. The quantitative estimate of drug-likeness (QED) is 0.560. The summed E-state index contributed by atoms with van der Waals surface area (Å²) in [4.78, 5) is 0. The third-order valence-corrected chi connectivity index (χ3v) is 4.11. The second-order valence-corrected chi connectivity index (χ2v) is 6.77. The molecular weight excluding hydrogens is 230 g/mol. The Hall–Kier alpha value is 0.270. The van der Waals surface area contributed by atoms with Crippen LogP contribution < -0.4 is 5.32 Å². The third-order valence-electron chi connectivity index (χ3n) is 3.01. The van der Waals surface area contributed by atoms with Gasteiger partial charge in [-0.2, -0.15) is 11.8 Å². The number of rotatable bonds is 11. The monoisotopic (exact) mass is 261 g/mol. The summed E-state index contributed by atoms with van der Waals surface area (Å²) in [5.41, 5.74) is -0.0748. The van der Waals surface area contributed by atoms with Gasteiger partial charge in [-0.3, -0.25) is 0 Å². The van der Waals surface area contributed by atoms with Crippen molar-refractivity contribution in [3.05, 3.63) is 0 Å². The average molecular weight is 261 g/mol. The van der Waals surface area contributed by atoms with Crippen LogP contribution in [0.4, 0.5) is 0 Å². The summed E-state index contributed by atoms with van der Waals surface area (Å²) < 4.78 is 0. The van der Waals surface area contributed by atoms with Crippen molar-refractivity contribution in [2.24, 2.45) is 5.92 Å². The Morgan fingerprint density at radius 2 is 2.00 bits per heavy atom. The van der Waals surface area contributed by atoms with Gasteiger partial charge < -0.3 is 10.4 Å². The molecule has 0 saturated carbocycles. The van der Waals surface area contributed by atoms with Gasteiger partial charge in [-0.1, -0.05) is 20.8 Å². The predicted molar refractivity (Wildman–Crippen MR) is 79.8 cm³/mol. The Kier molecular flexibility index (Phi) is 10.4. The molecule has 0 rings (SSSR count). The van der Waals surface area contributed by atoms with Crippen LogP contribution in [0.25, 0.3) is 0 Å². The summed E-state index contributed by atoms with van der Waals surface area (Å²) in [5, 5.41) is 12.9. The standard InChI is InChI=1S/C14H31NOS/c1-5-9-15-14(4,12-16)8-6-10-17-11-7-13(2)3/h13,15-16H,5-12H2,1-4H3. The van der Waals surface area contributed by atoms with Crippen molar-refractivity contribution in [3.8, 4) is 0 Å². The largest absolute Gasteiger partial charge is 0.394 e. The number of aliphatic hydroxyl groups excluding tert-OH is 1. The molecule has 2 nitrogen and oxygen atoms in total. The number of thioether (sulfide) groups is 1. The molecule has 0 aliphatic rings. The maximum Gasteiger partial charge on any atom is 0.0610 e. The van der Waals surface area contributed by atoms with Crippen LogP contribution >= 0.6 is 11.8 Å². The fourth-order valence-electron chi connectivity index (χ4n) is 1.64. The highest BCUT2D eigenvalue weighted by Gasteiger charge is 2.21. The van der Waals surface area contributed by atoms with E-state index < -0.39 is 0 Å². The Bertz CT molecular complexity index is 176. The van der Waals surface area contributed by atoms with Crippen LogP contribution in [0.15, 0.2) is 0 Å². The molecule has 2 N–H and O–H groups in total. The molecule has 3 heteroatoms. The highest BCUT2D eigenvalue weighted by atomic mass is 32.2. The topological polar surface area (TPSA) is 32.3 Å². The molecule has 0 heterocycles. The summed E-state index contributed by atoms with van der Waals surface area (Å²) in [6.45, 7) is 10.1. The molecule has 0 spiro atoms. The fourth-order valence-corrected chi connectivity index (χ4v) is 2.83. The zero-order valence-electron chi connectivity index (χ0n) is 12.1. The lowest BCUT2D eigenvalue weighted by atomic mass is 9.97. The molecule has 0 bridgehead atoms. The van der Waals surface area contributed by atoms with Gasteiger partial charge in [0.1, 0.15) is 0 Å². The number of hydrogen-bond acceptors (Lipinski definition) is 3. The molecule has 104 valence electrons. The average Bonchev–Trinajstić information content (AvgIpc) is 2.30. The molecule has 0 aliphatic heterocycles. The van der Waals surface area contributed by atoms with Crippen LogP contribution in [0.3, 0.4) is 0 Å². The molecule has 1 unspecified atom stereocenters. The van der Waals surface area contributed by atoms with Gasteiger partial charge in [0.05, 0.1) is 6.61 Å². The van der Waals surface area contributed by atoms with Crippen molar-refractivity contribution in [1.82, 2.24) is 5.32 Å². The van der Waals surface area contributed by atoms with Crippen LogP contribution in [0.1, 0.15) is 53.4 Å². The van der Waals surface area contributed by atoms with Crippen molar-refractivity contribution in [3.63, 3.8) is 0 Å². The number of aliphatic hydroxyl groups is 1. The van der Waals surface area contributed by atoms with Gasteiger partial charge in [-0.15, -0.1) is 0 Å². The SMILES string of the molecule is CCCNC(C)(CO)CCCSCCC(C)C. The zero-order chi connectivity index (χ0) is 13.1. The second kappa shape index (κ2) is 10.2. The lowest BCUT2D eigenvalue weighted by Crippen LogP contribution is -2.46. The molecule has 0 fully saturated rings. The molecule has 0 aromatic rings. The van der Waals surface area contributed by atoms with Gasteiger partial charge in [-0.25, -0.2) is 0 Å². The lowest BCUT2D eigenvalue weighted by molar-refractivity contribution is 0.165. The van der Waals surface area contributed by atoms with Gasteiger partial charge in [0, 0.05) is 5.54 Å². The van der Waals surface area contributed by atoms with Crippen molar-refractivity contribution < 1.29 is 5.11 Å². The lowest BCUT2D eigenvalue weighted by Gasteiger charge is -2.28. The molecule has 17 heavy (non-hydrogen) atoms. The van der Waals surface area contributed by atoms with Crippen LogP contribution in [0.2, 0.25) is 0 Å². The molecule has 0 saturated heterocycles.